The number of hydrogen-bond donors (Lipinski definition) is 3. The summed E-state index contributed by atoms with van der Waals surface area (Å²) in [5.41, 5.74) is 2.20. The summed E-state index contributed by atoms with van der Waals surface area (Å²) in [7, 11) is 1.50. The van der Waals surface area contributed by atoms with Crippen LogP contribution >= 0.6 is 0 Å². The zero-order chi connectivity index (χ0) is 12.3. The molecule has 0 amide bonds. The van der Waals surface area contributed by atoms with Crippen LogP contribution in [0.4, 0.5) is 0 Å². The Morgan fingerprint density at radius 1 is 1.27 bits per heavy atom. The van der Waals surface area contributed by atoms with Gasteiger partial charge in [-0.2, -0.15) is 5.48 Å². The number of carboxylic acid groups (broad SMARTS) is 2. The van der Waals surface area contributed by atoms with E-state index in [1.165, 1.54) is 7.05 Å². The lowest BCUT2D eigenvalue weighted by Crippen LogP contribution is -2.11. The fraction of sp³-hybridized carbons (Fsp3) is 0.375. The van der Waals surface area contributed by atoms with Gasteiger partial charge in [-0.05, 0) is 0 Å². The topological polar surface area (TPSA) is 113 Å². The second-order valence-corrected chi connectivity index (χ2v) is 2.12. The van der Waals surface area contributed by atoms with Crippen LogP contribution in [0.3, 0.4) is 0 Å². The highest BCUT2D eigenvalue weighted by Crippen LogP contribution is 1.86. The Labute approximate surface area is 86.3 Å². The molecule has 0 radical (unpaired) electrons. The van der Waals surface area contributed by atoms with Gasteiger partial charge in [0.25, 0.3) is 0 Å². The summed E-state index contributed by atoms with van der Waals surface area (Å²) in [5.74, 6) is -2.62. The summed E-state index contributed by atoms with van der Waals surface area (Å²) >= 11 is 0. The molecule has 86 valence electrons. The van der Waals surface area contributed by atoms with Crippen LogP contribution in [0.5, 0.6) is 0 Å². The summed E-state index contributed by atoms with van der Waals surface area (Å²) in [4.78, 5) is 33.5. The predicted octanol–water partition coefficient (Wildman–Crippen LogP) is -0.214. The van der Waals surface area contributed by atoms with Crippen LogP contribution in [0.15, 0.2) is 12.7 Å². The number of hydrogen-bond acceptors (Lipinski definition) is 5. The normalized spacial score (nSPS) is 8.07. The number of carbonyl (C=O) groups excluding carboxylic acids is 1. The van der Waals surface area contributed by atoms with E-state index < -0.39 is 17.9 Å². The third-order valence-corrected chi connectivity index (χ3v) is 0.922. The molecule has 0 rings (SSSR count). The van der Waals surface area contributed by atoms with E-state index in [0.29, 0.717) is 0 Å². The van der Waals surface area contributed by atoms with Crippen LogP contribution in [0.1, 0.15) is 12.8 Å². The van der Waals surface area contributed by atoms with E-state index in [-0.39, 0.29) is 12.8 Å². The first-order valence-electron chi connectivity index (χ1n) is 3.87. The van der Waals surface area contributed by atoms with Gasteiger partial charge in [-0.1, -0.05) is 6.58 Å². The van der Waals surface area contributed by atoms with Crippen LogP contribution in [-0.4, -0.2) is 35.2 Å². The Morgan fingerprint density at radius 2 is 1.67 bits per heavy atom. The molecule has 7 nitrogen and oxygen atoms in total. The van der Waals surface area contributed by atoms with E-state index in [0.717, 1.165) is 6.08 Å². The van der Waals surface area contributed by atoms with Crippen LogP contribution in [0, 0.1) is 0 Å². The van der Waals surface area contributed by atoms with E-state index >= 15 is 0 Å². The van der Waals surface area contributed by atoms with Crippen molar-refractivity contribution >= 4 is 17.9 Å². The Kier molecular flexibility index (Phi) is 10.6. The second kappa shape index (κ2) is 10.2. The lowest BCUT2D eigenvalue weighted by molar-refractivity contribution is -0.143. The maximum Gasteiger partial charge on any atom is 0.348 e. The summed E-state index contributed by atoms with van der Waals surface area (Å²) in [6, 6.07) is 0. The van der Waals surface area contributed by atoms with E-state index in [4.69, 9.17) is 10.2 Å². The zero-order valence-corrected chi connectivity index (χ0v) is 8.23. The molecule has 0 unspecified atom stereocenters. The number of nitrogens with one attached hydrogen (secondary N) is 1. The second-order valence-electron chi connectivity index (χ2n) is 2.12. The van der Waals surface area contributed by atoms with Gasteiger partial charge in [0.15, 0.2) is 0 Å². The lowest BCUT2D eigenvalue weighted by Gasteiger charge is -1.91. The van der Waals surface area contributed by atoms with Crippen LogP contribution < -0.4 is 5.48 Å². The monoisotopic (exact) mass is 219 g/mol. The van der Waals surface area contributed by atoms with E-state index in [1.54, 1.807) is 0 Å². The molecule has 0 spiro atoms. The molecule has 0 aliphatic heterocycles. The van der Waals surface area contributed by atoms with Gasteiger partial charge in [0, 0.05) is 13.1 Å². The molecule has 0 saturated carbocycles. The molecule has 7 heteroatoms. The molecule has 0 bridgehead atoms. The Balaban J connectivity index is 0. The fourth-order valence-corrected chi connectivity index (χ4v) is 0.356. The summed E-state index contributed by atoms with van der Waals surface area (Å²) in [6.07, 6.45) is 0.487. The van der Waals surface area contributed by atoms with Gasteiger partial charge in [-0.25, -0.2) is 4.79 Å². The minimum absolute atomic E-state index is 0.296. The maximum absolute atomic E-state index is 10.0. The number of carbonyl (C=O) groups is 3. The number of aliphatic carboxylic acids is 2. The van der Waals surface area contributed by atoms with Gasteiger partial charge in [0.05, 0.1) is 12.8 Å². The summed E-state index contributed by atoms with van der Waals surface area (Å²) < 4.78 is 0. The third kappa shape index (κ3) is 18.8. The number of carboxylic acids is 2. The zero-order valence-electron chi connectivity index (χ0n) is 8.23. The van der Waals surface area contributed by atoms with Gasteiger partial charge in [-0.15, -0.1) is 0 Å². The van der Waals surface area contributed by atoms with Crippen molar-refractivity contribution in [2.45, 2.75) is 12.8 Å². The first kappa shape index (κ1) is 15.6. The summed E-state index contributed by atoms with van der Waals surface area (Å²) in [6.45, 7) is 3.16. The van der Waals surface area contributed by atoms with Gasteiger partial charge in [0.2, 0.25) is 0 Å². The third-order valence-electron chi connectivity index (χ3n) is 0.922. The lowest BCUT2D eigenvalue weighted by atomic mass is 10.3. The number of rotatable bonds is 5. The maximum atomic E-state index is 10.0. The van der Waals surface area contributed by atoms with Gasteiger partial charge >= 0.3 is 17.9 Å². The number of hydroxylamine groups is 1. The first-order valence-corrected chi connectivity index (χ1v) is 3.87. The van der Waals surface area contributed by atoms with Crippen LogP contribution in [0.25, 0.3) is 0 Å². The van der Waals surface area contributed by atoms with Crippen molar-refractivity contribution in [3.8, 4) is 0 Å². The Bertz CT molecular complexity index is 223. The SMILES string of the molecule is C=CC(=O)ONC.O=C(O)CCC(=O)O. The van der Waals surface area contributed by atoms with E-state index in [2.05, 4.69) is 16.9 Å². The standard InChI is InChI=1S/C4H7NO2.C4H6O4/c1-3-4(6)7-5-2;5-3(6)1-2-4(7)8/h3,5H,1H2,2H3;1-2H2,(H,5,6)(H,7,8). The molecule has 3 N–H and O–H groups in total. The van der Waals surface area contributed by atoms with Crippen molar-refractivity contribution in [3.05, 3.63) is 12.7 Å². The van der Waals surface area contributed by atoms with Crippen molar-refractivity contribution in [1.29, 1.82) is 0 Å². The molecule has 0 fully saturated rings. The van der Waals surface area contributed by atoms with E-state index in [1.807, 2.05) is 0 Å². The molecular weight excluding hydrogens is 206 g/mol. The van der Waals surface area contributed by atoms with E-state index in [9.17, 15) is 14.4 Å². The highest BCUT2D eigenvalue weighted by atomic mass is 16.7. The average molecular weight is 219 g/mol. The van der Waals surface area contributed by atoms with Crippen molar-refractivity contribution in [1.82, 2.24) is 5.48 Å². The van der Waals surface area contributed by atoms with Crippen molar-refractivity contribution < 1.29 is 29.4 Å². The average Bonchev–Trinajstić information content (AvgIpc) is 2.16. The Morgan fingerprint density at radius 3 is 1.80 bits per heavy atom. The first-order chi connectivity index (χ1) is 6.93. The molecule has 0 saturated heterocycles. The van der Waals surface area contributed by atoms with Crippen molar-refractivity contribution in [2.75, 3.05) is 7.05 Å². The quantitative estimate of drug-likeness (QED) is 0.433. The smallest absolute Gasteiger partial charge is 0.348 e. The minimum atomic E-state index is -1.08. The molecule has 0 aromatic heterocycles. The van der Waals surface area contributed by atoms with Crippen LogP contribution in [-0.2, 0) is 19.2 Å². The van der Waals surface area contributed by atoms with Gasteiger partial charge < -0.3 is 15.1 Å². The van der Waals surface area contributed by atoms with Gasteiger partial charge in [0.1, 0.15) is 0 Å². The summed E-state index contributed by atoms with van der Waals surface area (Å²) in [5, 5.41) is 15.8. The van der Waals surface area contributed by atoms with Crippen LogP contribution in [0.2, 0.25) is 0 Å². The molecule has 0 heterocycles. The highest BCUT2D eigenvalue weighted by molar-refractivity contribution is 5.80. The molecular formula is C8H13NO6. The minimum Gasteiger partial charge on any atom is -0.481 e. The van der Waals surface area contributed by atoms with Crippen molar-refractivity contribution in [3.63, 3.8) is 0 Å². The van der Waals surface area contributed by atoms with Crippen molar-refractivity contribution in [2.24, 2.45) is 0 Å². The van der Waals surface area contributed by atoms with Gasteiger partial charge in [-0.3, -0.25) is 9.59 Å². The largest absolute Gasteiger partial charge is 0.481 e. The fourth-order valence-electron chi connectivity index (χ4n) is 0.356. The Hall–Kier alpha value is -1.89. The molecule has 0 atom stereocenters. The predicted molar refractivity (Wildman–Crippen MR) is 49.9 cm³/mol. The highest BCUT2D eigenvalue weighted by Gasteiger charge is 2.00. The molecule has 0 aliphatic rings. The molecule has 0 aromatic rings. The molecule has 0 aliphatic carbocycles. The molecule has 15 heavy (non-hydrogen) atoms. The molecule has 0 aromatic carbocycles.